The van der Waals surface area contributed by atoms with Crippen LogP contribution in [0.2, 0.25) is 0 Å². The number of aliphatic carboxylic acids is 2. The van der Waals surface area contributed by atoms with Crippen molar-refractivity contribution >= 4 is 23.8 Å². The lowest BCUT2D eigenvalue weighted by molar-refractivity contribution is -0.188. The predicted octanol–water partition coefficient (Wildman–Crippen LogP) is 8.66. The number of hydrogen-bond acceptors (Lipinski definition) is 6. The zero-order chi connectivity index (χ0) is 39.0. The smallest absolute Gasteiger partial charge is 0.308 e. The summed E-state index contributed by atoms with van der Waals surface area (Å²) in [6, 6.07) is 33.7. The zero-order valence-electron chi connectivity index (χ0n) is 31.6. The van der Waals surface area contributed by atoms with Crippen molar-refractivity contribution in [2.45, 2.75) is 64.5 Å². The molecule has 0 saturated heterocycles. The van der Waals surface area contributed by atoms with Gasteiger partial charge in [0.1, 0.15) is 23.0 Å². The third-order valence-corrected chi connectivity index (χ3v) is 11.8. The number of nitrogens with zero attached hydrogens (tertiary/aromatic N) is 2. The van der Waals surface area contributed by atoms with E-state index in [0.29, 0.717) is 36.1 Å². The van der Waals surface area contributed by atoms with Crippen molar-refractivity contribution in [3.8, 4) is 23.0 Å². The van der Waals surface area contributed by atoms with E-state index in [1.54, 1.807) is 9.80 Å². The van der Waals surface area contributed by atoms with Crippen molar-refractivity contribution in [3.63, 3.8) is 0 Å². The van der Waals surface area contributed by atoms with Crippen LogP contribution < -0.4 is 9.47 Å². The first-order valence-corrected chi connectivity index (χ1v) is 19.9. The molecule has 3 aliphatic rings. The molecule has 10 heteroatoms. The van der Waals surface area contributed by atoms with Gasteiger partial charge in [0, 0.05) is 26.2 Å². The highest BCUT2D eigenvalue weighted by Crippen LogP contribution is 2.49. The summed E-state index contributed by atoms with van der Waals surface area (Å²) in [4.78, 5) is 58.6. The number of benzene rings is 4. The molecule has 4 aromatic rings. The monoisotopic (exact) mass is 758 g/mol. The van der Waals surface area contributed by atoms with Crippen molar-refractivity contribution < 1.29 is 38.9 Å². The second kappa shape index (κ2) is 17.9. The fourth-order valence-electron chi connectivity index (χ4n) is 8.89. The van der Waals surface area contributed by atoms with E-state index in [1.807, 2.05) is 109 Å². The Bertz CT molecular complexity index is 1800. The normalized spacial score (nSPS) is 20.9. The lowest BCUT2D eigenvalue weighted by Crippen LogP contribution is -2.64. The van der Waals surface area contributed by atoms with Gasteiger partial charge in [-0.1, -0.05) is 86.3 Å². The van der Waals surface area contributed by atoms with Crippen molar-refractivity contribution in [1.82, 2.24) is 9.80 Å². The minimum atomic E-state index is -1.52. The fraction of sp³-hybridized carbons (Fsp3) is 0.391. The second-order valence-electron chi connectivity index (χ2n) is 15.6. The lowest BCUT2D eigenvalue weighted by Gasteiger charge is -2.49. The number of hydrogen-bond donors (Lipinski definition) is 2. The Hall–Kier alpha value is -5.64. The van der Waals surface area contributed by atoms with Gasteiger partial charge in [0.15, 0.2) is 0 Å². The summed E-state index contributed by atoms with van der Waals surface area (Å²) in [6.45, 7) is 1.22. The molecule has 10 nitrogen and oxygen atoms in total. The van der Waals surface area contributed by atoms with Crippen molar-refractivity contribution in [3.05, 3.63) is 120 Å². The van der Waals surface area contributed by atoms with E-state index in [4.69, 9.17) is 9.47 Å². The summed E-state index contributed by atoms with van der Waals surface area (Å²) in [6.07, 6.45) is 8.01. The van der Waals surface area contributed by atoms with E-state index in [1.165, 1.54) is 0 Å². The molecule has 292 valence electrons. The van der Waals surface area contributed by atoms with Gasteiger partial charge in [-0.2, -0.15) is 0 Å². The molecule has 0 radical (unpaired) electrons. The highest BCUT2D eigenvalue weighted by Gasteiger charge is 2.65. The van der Waals surface area contributed by atoms with Crippen LogP contribution in [-0.4, -0.2) is 56.9 Å². The first-order valence-electron chi connectivity index (χ1n) is 19.9. The molecule has 3 fully saturated rings. The number of rotatable bonds is 16. The van der Waals surface area contributed by atoms with E-state index < -0.39 is 47.4 Å². The number of para-hydroxylation sites is 2. The molecule has 0 spiro atoms. The zero-order valence-corrected chi connectivity index (χ0v) is 31.6. The summed E-state index contributed by atoms with van der Waals surface area (Å²) in [5.41, 5.74) is 1.64. The molecule has 0 bridgehead atoms. The van der Waals surface area contributed by atoms with Gasteiger partial charge in [-0.15, -0.1) is 0 Å². The number of carboxylic acids is 2. The van der Waals surface area contributed by atoms with Gasteiger partial charge in [0.25, 0.3) is 0 Å². The van der Waals surface area contributed by atoms with Crippen LogP contribution in [0.25, 0.3) is 0 Å². The number of amides is 2. The van der Waals surface area contributed by atoms with Gasteiger partial charge in [-0.05, 0) is 97.2 Å². The molecular weight excluding hydrogens is 709 g/mol. The van der Waals surface area contributed by atoms with Crippen LogP contribution in [0.1, 0.15) is 62.5 Å². The maximum Gasteiger partial charge on any atom is 0.308 e. The van der Waals surface area contributed by atoms with Gasteiger partial charge in [0.05, 0.1) is 23.7 Å². The van der Waals surface area contributed by atoms with E-state index >= 15 is 0 Å². The van der Waals surface area contributed by atoms with Gasteiger partial charge in [-0.3, -0.25) is 19.2 Å². The minimum Gasteiger partial charge on any atom is -0.481 e. The number of carbonyl (C=O) groups is 4. The summed E-state index contributed by atoms with van der Waals surface area (Å²) in [7, 11) is 0. The molecule has 2 N–H and O–H groups in total. The van der Waals surface area contributed by atoms with E-state index in [0.717, 1.165) is 62.5 Å². The lowest BCUT2D eigenvalue weighted by atomic mass is 9.55. The van der Waals surface area contributed by atoms with E-state index in [-0.39, 0.29) is 24.9 Å². The molecule has 0 unspecified atom stereocenters. The average Bonchev–Trinajstić information content (AvgIpc) is 3.91. The van der Waals surface area contributed by atoms with Crippen molar-refractivity contribution in [2.75, 3.05) is 13.1 Å². The highest BCUT2D eigenvalue weighted by molar-refractivity contribution is 5.99. The van der Waals surface area contributed by atoms with Crippen molar-refractivity contribution in [2.24, 2.45) is 35.5 Å². The van der Waals surface area contributed by atoms with Gasteiger partial charge in [-0.25, -0.2) is 0 Å². The largest absolute Gasteiger partial charge is 0.481 e. The van der Waals surface area contributed by atoms with Crippen LogP contribution in [0.3, 0.4) is 0 Å². The first-order chi connectivity index (χ1) is 27.2. The molecule has 2 amide bonds. The average molecular weight is 759 g/mol. The predicted molar refractivity (Wildman–Crippen MR) is 210 cm³/mol. The van der Waals surface area contributed by atoms with Gasteiger partial charge < -0.3 is 29.5 Å². The van der Waals surface area contributed by atoms with Crippen molar-refractivity contribution in [1.29, 1.82) is 0 Å². The molecule has 56 heavy (non-hydrogen) atoms. The highest BCUT2D eigenvalue weighted by atomic mass is 16.5. The molecule has 4 atom stereocenters. The Labute approximate surface area is 328 Å². The second-order valence-corrected chi connectivity index (χ2v) is 15.6. The summed E-state index contributed by atoms with van der Waals surface area (Å²) in [5, 5.41) is 20.9. The topological polar surface area (TPSA) is 134 Å². The molecule has 4 aromatic carbocycles. The summed E-state index contributed by atoms with van der Waals surface area (Å²) >= 11 is 0. The van der Waals surface area contributed by atoms with Crippen LogP contribution in [0.4, 0.5) is 0 Å². The standard InChI is InChI=1S/C46H50N2O8/c49-43(47(27-31-11-7-8-12-31)29-33-19-23-37(24-20-33)55-35-15-3-1-4-16-35)39-40(42(46(53)54)41(39)45(51)52)44(50)48(28-32-13-9-10-14-32)30-34-21-25-38(26-22-34)56-36-17-5-2-6-18-36/h1-6,15-26,31-32,39-42H,7-14,27-30H2,(H,51,52)(H,53,54)/t39-,40-,41-,42-/m1/s1. The Kier molecular flexibility index (Phi) is 12.3. The molecule has 7 rings (SSSR count). The van der Waals surface area contributed by atoms with Crippen LogP contribution in [0, 0.1) is 35.5 Å². The Morgan fingerprint density at radius 1 is 0.464 bits per heavy atom. The number of carbonyl (C=O) groups excluding carboxylic acids is 2. The number of carboxylic acid groups (broad SMARTS) is 2. The van der Waals surface area contributed by atoms with Crippen LogP contribution in [-0.2, 0) is 32.3 Å². The van der Waals surface area contributed by atoms with Gasteiger partial charge in [0.2, 0.25) is 11.8 Å². The third kappa shape index (κ3) is 9.24. The van der Waals surface area contributed by atoms with Crippen LogP contribution in [0.5, 0.6) is 23.0 Å². The maximum absolute atomic E-state index is 14.8. The maximum atomic E-state index is 14.8. The van der Waals surface area contributed by atoms with Crippen LogP contribution in [0.15, 0.2) is 109 Å². The Morgan fingerprint density at radius 2 is 0.786 bits per heavy atom. The first kappa shape index (κ1) is 38.6. The van der Waals surface area contributed by atoms with E-state index in [9.17, 15) is 29.4 Å². The summed E-state index contributed by atoms with van der Waals surface area (Å²) < 4.78 is 11.9. The molecule has 0 aliphatic heterocycles. The SMILES string of the molecule is O=C(O)[C@H]1[C@H](C(=O)O)[C@H](C(=O)N(Cc2ccc(Oc3ccccc3)cc2)CC2CCCC2)[C@H]1C(=O)N(Cc1ccc(Oc2ccccc2)cc1)CC1CCCC1. The summed E-state index contributed by atoms with van der Waals surface area (Å²) in [5.74, 6) is -6.24. The molecule has 3 aliphatic carbocycles. The Morgan fingerprint density at radius 3 is 1.11 bits per heavy atom. The quantitative estimate of drug-likeness (QED) is 0.116. The number of ether oxygens (including phenoxy) is 2. The molecule has 3 saturated carbocycles. The van der Waals surface area contributed by atoms with E-state index in [2.05, 4.69) is 0 Å². The Balaban J connectivity index is 1.14. The molecule has 0 heterocycles. The van der Waals surface area contributed by atoms with Crippen LogP contribution >= 0.6 is 0 Å². The molecular formula is C46H50N2O8. The minimum absolute atomic E-state index is 0.200. The van der Waals surface area contributed by atoms with Gasteiger partial charge >= 0.3 is 11.9 Å². The molecule has 0 aromatic heterocycles. The fourth-order valence-corrected chi connectivity index (χ4v) is 8.89. The third-order valence-electron chi connectivity index (χ3n) is 11.8.